The third kappa shape index (κ3) is 4.01. The standard InChI is InChI=1S/C18H20N2O3S/c21-17(20-23)9-7-15-11-13-10-14(6-8-16(13)24-15)19-18(22)12-4-2-1-3-5-12/h6-12,23H,1-5H2,(H,19,22)(H,20,21)/b9-7+. The van der Waals surface area contributed by atoms with Gasteiger partial charge in [-0.2, -0.15) is 0 Å². The molecule has 1 saturated carbocycles. The Hall–Kier alpha value is -2.18. The van der Waals surface area contributed by atoms with E-state index in [9.17, 15) is 9.59 Å². The van der Waals surface area contributed by atoms with Crippen molar-refractivity contribution in [1.29, 1.82) is 0 Å². The van der Waals surface area contributed by atoms with E-state index >= 15 is 0 Å². The molecule has 0 spiro atoms. The van der Waals surface area contributed by atoms with E-state index in [-0.39, 0.29) is 11.8 Å². The van der Waals surface area contributed by atoms with E-state index in [0.29, 0.717) is 0 Å². The number of carbonyl (C=O) groups is 2. The molecule has 5 nitrogen and oxygen atoms in total. The smallest absolute Gasteiger partial charge is 0.267 e. The van der Waals surface area contributed by atoms with Crippen molar-refractivity contribution in [2.45, 2.75) is 32.1 Å². The van der Waals surface area contributed by atoms with Crippen molar-refractivity contribution in [2.24, 2.45) is 5.92 Å². The summed E-state index contributed by atoms with van der Waals surface area (Å²) < 4.78 is 1.08. The molecule has 24 heavy (non-hydrogen) atoms. The molecule has 0 bridgehead atoms. The minimum atomic E-state index is -0.562. The fraction of sp³-hybridized carbons (Fsp3) is 0.333. The molecule has 3 N–H and O–H groups in total. The molecule has 3 rings (SSSR count). The van der Waals surface area contributed by atoms with Gasteiger partial charge in [-0.05, 0) is 48.6 Å². The highest BCUT2D eigenvalue weighted by molar-refractivity contribution is 7.19. The number of hydrogen-bond acceptors (Lipinski definition) is 4. The van der Waals surface area contributed by atoms with Crippen LogP contribution in [0.1, 0.15) is 37.0 Å². The lowest BCUT2D eigenvalue weighted by molar-refractivity contribution is -0.124. The molecule has 2 amide bonds. The summed E-state index contributed by atoms with van der Waals surface area (Å²) >= 11 is 1.54. The first kappa shape index (κ1) is 16.7. The first-order valence-corrected chi connectivity index (χ1v) is 8.94. The summed E-state index contributed by atoms with van der Waals surface area (Å²) in [4.78, 5) is 24.3. The lowest BCUT2D eigenvalue weighted by Gasteiger charge is -2.20. The Morgan fingerprint density at radius 2 is 1.96 bits per heavy atom. The molecule has 6 heteroatoms. The van der Waals surface area contributed by atoms with E-state index in [2.05, 4.69) is 5.32 Å². The van der Waals surface area contributed by atoms with Crippen LogP contribution in [-0.4, -0.2) is 17.0 Å². The molecular formula is C18H20N2O3S. The van der Waals surface area contributed by atoms with Gasteiger partial charge in [0.25, 0.3) is 5.91 Å². The molecule has 0 aliphatic heterocycles. The van der Waals surface area contributed by atoms with Crippen molar-refractivity contribution in [3.05, 3.63) is 35.2 Å². The Morgan fingerprint density at radius 3 is 2.71 bits per heavy atom. The topological polar surface area (TPSA) is 78.4 Å². The van der Waals surface area contributed by atoms with Gasteiger partial charge in [0, 0.05) is 27.3 Å². The maximum atomic E-state index is 12.3. The molecule has 0 unspecified atom stereocenters. The normalized spacial score (nSPS) is 15.7. The average molecular weight is 344 g/mol. The summed E-state index contributed by atoms with van der Waals surface area (Å²) in [5, 5.41) is 12.5. The third-order valence-electron chi connectivity index (χ3n) is 4.29. The number of benzene rings is 1. The van der Waals surface area contributed by atoms with Gasteiger partial charge in [-0.15, -0.1) is 11.3 Å². The zero-order valence-electron chi connectivity index (χ0n) is 13.2. The van der Waals surface area contributed by atoms with Crippen LogP contribution in [0.5, 0.6) is 0 Å². The van der Waals surface area contributed by atoms with Crippen LogP contribution < -0.4 is 10.8 Å². The van der Waals surface area contributed by atoms with Gasteiger partial charge in [-0.3, -0.25) is 14.8 Å². The van der Waals surface area contributed by atoms with Crippen molar-refractivity contribution in [2.75, 3.05) is 5.32 Å². The molecule has 0 atom stereocenters. The molecule has 1 aromatic heterocycles. The van der Waals surface area contributed by atoms with E-state index in [1.165, 1.54) is 12.5 Å². The minimum absolute atomic E-state index is 0.115. The monoisotopic (exact) mass is 344 g/mol. The molecule has 0 saturated heterocycles. The van der Waals surface area contributed by atoms with Gasteiger partial charge < -0.3 is 5.32 Å². The number of hydrogen-bond donors (Lipinski definition) is 3. The average Bonchev–Trinajstić information content (AvgIpc) is 3.02. The highest BCUT2D eigenvalue weighted by Gasteiger charge is 2.21. The van der Waals surface area contributed by atoms with Gasteiger partial charge in [0.05, 0.1) is 0 Å². The molecule has 0 radical (unpaired) electrons. The van der Waals surface area contributed by atoms with E-state index in [1.54, 1.807) is 22.9 Å². The van der Waals surface area contributed by atoms with Crippen LogP contribution in [0.15, 0.2) is 30.3 Å². The Balaban J connectivity index is 1.72. The molecule has 2 aromatic rings. The van der Waals surface area contributed by atoms with Gasteiger partial charge in [0.15, 0.2) is 0 Å². The van der Waals surface area contributed by atoms with Gasteiger partial charge in [0.2, 0.25) is 5.91 Å². The van der Waals surface area contributed by atoms with E-state index in [0.717, 1.165) is 46.3 Å². The Kier molecular flexibility index (Phi) is 5.27. The SMILES string of the molecule is O=C(/C=C/c1cc2cc(NC(=O)C3CCCCC3)ccc2s1)NO. The van der Waals surface area contributed by atoms with Crippen molar-refractivity contribution < 1.29 is 14.8 Å². The molecular weight excluding hydrogens is 324 g/mol. The molecule has 1 aromatic carbocycles. The van der Waals surface area contributed by atoms with Crippen LogP contribution in [0.2, 0.25) is 0 Å². The minimum Gasteiger partial charge on any atom is -0.326 e. The first-order valence-electron chi connectivity index (χ1n) is 8.12. The van der Waals surface area contributed by atoms with Crippen LogP contribution in [0.25, 0.3) is 16.2 Å². The highest BCUT2D eigenvalue weighted by atomic mass is 32.1. The van der Waals surface area contributed by atoms with Crippen LogP contribution in [0.4, 0.5) is 5.69 Å². The van der Waals surface area contributed by atoms with Crippen LogP contribution in [0, 0.1) is 5.92 Å². The lowest BCUT2D eigenvalue weighted by atomic mass is 9.88. The Labute approximate surface area is 144 Å². The number of thiophene rings is 1. The number of carbonyl (C=O) groups excluding carboxylic acids is 2. The van der Waals surface area contributed by atoms with E-state index in [4.69, 9.17) is 5.21 Å². The van der Waals surface area contributed by atoms with Gasteiger partial charge in [-0.25, -0.2) is 5.48 Å². The molecule has 1 aliphatic rings. The molecule has 126 valence electrons. The van der Waals surface area contributed by atoms with Gasteiger partial charge in [-0.1, -0.05) is 19.3 Å². The summed E-state index contributed by atoms with van der Waals surface area (Å²) in [7, 11) is 0. The van der Waals surface area contributed by atoms with Crippen molar-refractivity contribution in [3.63, 3.8) is 0 Å². The van der Waals surface area contributed by atoms with Gasteiger partial charge in [0.1, 0.15) is 0 Å². The maximum Gasteiger partial charge on any atom is 0.267 e. The second-order valence-corrected chi connectivity index (χ2v) is 7.15. The van der Waals surface area contributed by atoms with Crippen LogP contribution >= 0.6 is 11.3 Å². The quantitative estimate of drug-likeness (QED) is 0.446. The van der Waals surface area contributed by atoms with E-state index < -0.39 is 5.91 Å². The number of nitrogens with one attached hydrogen (secondary N) is 2. The van der Waals surface area contributed by atoms with Gasteiger partial charge >= 0.3 is 0 Å². The summed E-state index contributed by atoms with van der Waals surface area (Å²) in [5.74, 6) is -0.315. The largest absolute Gasteiger partial charge is 0.326 e. The predicted octanol–water partition coefficient (Wildman–Crippen LogP) is 3.94. The summed E-state index contributed by atoms with van der Waals surface area (Å²) in [6.45, 7) is 0. The number of rotatable bonds is 4. The number of anilines is 1. The predicted molar refractivity (Wildman–Crippen MR) is 96.0 cm³/mol. The van der Waals surface area contributed by atoms with E-state index in [1.807, 2.05) is 24.3 Å². The summed E-state index contributed by atoms with van der Waals surface area (Å²) in [5.41, 5.74) is 2.37. The molecule has 1 aliphatic carbocycles. The molecule has 1 heterocycles. The molecule has 1 fully saturated rings. The highest BCUT2D eigenvalue weighted by Crippen LogP contribution is 2.30. The maximum absolute atomic E-state index is 12.3. The lowest BCUT2D eigenvalue weighted by Crippen LogP contribution is -2.24. The Morgan fingerprint density at radius 1 is 1.17 bits per heavy atom. The number of hydroxylamine groups is 1. The van der Waals surface area contributed by atoms with Crippen molar-refractivity contribution in [1.82, 2.24) is 5.48 Å². The summed E-state index contributed by atoms with van der Waals surface area (Å²) in [6.07, 6.45) is 8.39. The van der Waals surface area contributed by atoms with Crippen molar-refractivity contribution in [3.8, 4) is 0 Å². The fourth-order valence-corrected chi connectivity index (χ4v) is 3.98. The second kappa shape index (κ2) is 7.59. The summed E-state index contributed by atoms with van der Waals surface area (Å²) in [6, 6.07) is 7.79. The van der Waals surface area contributed by atoms with Crippen LogP contribution in [0.3, 0.4) is 0 Å². The third-order valence-corrected chi connectivity index (χ3v) is 5.37. The fourth-order valence-electron chi connectivity index (χ4n) is 3.03. The first-order chi connectivity index (χ1) is 11.7. The Bertz CT molecular complexity index is 776. The zero-order valence-corrected chi connectivity index (χ0v) is 14.1. The van der Waals surface area contributed by atoms with Crippen molar-refractivity contribution >= 4 is 45.0 Å². The number of fused-ring (bicyclic) bond motifs is 1. The zero-order chi connectivity index (χ0) is 16.9. The number of amides is 2. The van der Waals surface area contributed by atoms with Crippen LogP contribution in [-0.2, 0) is 9.59 Å². The second-order valence-electron chi connectivity index (χ2n) is 6.03.